The van der Waals surface area contributed by atoms with E-state index in [9.17, 15) is 4.79 Å². The largest absolute Gasteiger partial charge is 0.483 e. The van der Waals surface area contributed by atoms with Crippen molar-refractivity contribution < 1.29 is 9.53 Å². The lowest BCUT2D eigenvalue weighted by Gasteiger charge is -2.25. The van der Waals surface area contributed by atoms with Crippen molar-refractivity contribution >= 4 is 5.91 Å². The number of carbonyl (C=O) groups excluding carboxylic acids is 1. The van der Waals surface area contributed by atoms with Gasteiger partial charge in [-0.25, -0.2) is 0 Å². The smallest absolute Gasteiger partial charge is 0.260 e. The molecule has 1 aromatic carbocycles. The molecule has 0 aromatic heterocycles. The Balaban J connectivity index is 1.96. The molecule has 0 spiro atoms. The summed E-state index contributed by atoms with van der Waals surface area (Å²) in [6, 6.07) is 6.24. The van der Waals surface area contributed by atoms with Gasteiger partial charge in [0, 0.05) is 13.1 Å². The Labute approximate surface area is 134 Å². The predicted molar refractivity (Wildman–Crippen MR) is 90.4 cm³/mol. The van der Waals surface area contributed by atoms with Crippen molar-refractivity contribution in [1.29, 1.82) is 0 Å². The van der Waals surface area contributed by atoms with Crippen LogP contribution in [0.15, 0.2) is 18.2 Å². The van der Waals surface area contributed by atoms with Crippen LogP contribution in [0.5, 0.6) is 5.75 Å². The summed E-state index contributed by atoms with van der Waals surface area (Å²) in [6.07, 6.45) is 6.01. The van der Waals surface area contributed by atoms with Gasteiger partial charge in [0.2, 0.25) is 0 Å². The second kappa shape index (κ2) is 8.21. The Morgan fingerprint density at radius 2 is 1.77 bits per heavy atom. The highest BCUT2D eigenvalue weighted by Gasteiger charge is 2.16. The normalized spacial score (nSPS) is 16.3. The second-order valence-electron chi connectivity index (χ2n) is 6.63. The zero-order chi connectivity index (χ0) is 15.9. The predicted octanol–water partition coefficient (Wildman–Crippen LogP) is 4.29. The van der Waals surface area contributed by atoms with Crippen molar-refractivity contribution in [3.8, 4) is 5.75 Å². The van der Waals surface area contributed by atoms with Gasteiger partial charge < -0.3 is 9.64 Å². The average molecular weight is 303 g/mol. The molecule has 122 valence electrons. The van der Waals surface area contributed by atoms with Gasteiger partial charge in [-0.2, -0.15) is 0 Å². The Hall–Kier alpha value is -1.51. The minimum atomic E-state index is 0.123. The van der Waals surface area contributed by atoms with Gasteiger partial charge in [-0.1, -0.05) is 45.2 Å². The van der Waals surface area contributed by atoms with Gasteiger partial charge in [-0.05, 0) is 42.9 Å². The molecule has 1 heterocycles. The fraction of sp³-hybridized carbons (Fsp3) is 0.632. The summed E-state index contributed by atoms with van der Waals surface area (Å²) in [4.78, 5) is 14.4. The number of ether oxygens (including phenoxy) is 1. The van der Waals surface area contributed by atoms with Crippen molar-refractivity contribution in [1.82, 2.24) is 4.90 Å². The van der Waals surface area contributed by atoms with Crippen LogP contribution in [0.1, 0.15) is 63.0 Å². The lowest BCUT2D eigenvalue weighted by atomic mass is 10.0. The molecule has 3 heteroatoms. The summed E-state index contributed by atoms with van der Waals surface area (Å²) in [5, 5.41) is 0. The zero-order valence-corrected chi connectivity index (χ0v) is 14.2. The van der Waals surface area contributed by atoms with Crippen LogP contribution in [0.2, 0.25) is 0 Å². The van der Waals surface area contributed by atoms with Crippen LogP contribution in [0.25, 0.3) is 0 Å². The van der Waals surface area contributed by atoms with Crippen LogP contribution in [0.3, 0.4) is 0 Å². The molecule has 1 saturated heterocycles. The number of hydrogen-bond donors (Lipinski definition) is 0. The fourth-order valence-electron chi connectivity index (χ4n) is 2.97. The van der Waals surface area contributed by atoms with Crippen LogP contribution in [0.4, 0.5) is 0 Å². The molecule has 0 aliphatic carbocycles. The molecule has 0 radical (unpaired) electrons. The monoisotopic (exact) mass is 303 g/mol. The van der Waals surface area contributed by atoms with E-state index in [4.69, 9.17) is 4.74 Å². The number of amides is 1. The van der Waals surface area contributed by atoms with E-state index >= 15 is 0 Å². The molecule has 1 amide bonds. The SMILES string of the molecule is Cc1ccc(C(C)C)c(OCC(=O)N2CCCCCCC2)c1. The summed E-state index contributed by atoms with van der Waals surface area (Å²) in [6.45, 7) is 8.27. The highest BCUT2D eigenvalue weighted by atomic mass is 16.5. The van der Waals surface area contributed by atoms with Gasteiger partial charge >= 0.3 is 0 Å². The minimum Gasteiger partial charge on any atom is -0.483 e. The van der Waals surface area contributed by atoms with E-state index in [2.05, 4.69) is 32.9 Å². The average Bonchev–Trinajstić information content (AvgIpc) is 2.44. The Morgan fingerprint density at radius 1 is 1.14 bits per heavy atom. The number of aryl methyl sites for hydroxylation is 1. The number of likely N-dealkylation sites (tertiary alicyclic amines) is 1. The molecular formula is C19H29NO2. The van der Waals surface area contributed by atoms with E-state index in [1.807, 2.05) is 11.0 Å². The highest BCUT2D eigenvalue weighted by molar-refractivity contribution is 5.77. The third-order valence-electron chi connectivity index (χ3n) is 4.35. The fourth-order valence-corrected chi connectivity index (χ4v) is 2.97. The first-order valence-electron chi connectivity index (χ1n) is 8.59. The number of carbonyl (C=O) groups is 1. The summed E-state index contributed by atoms with van der Waals surface area (Å²) in [5.41, 5.74) is 2.34. The third-order valence-corrected chi connectivity index (χ3v) is 4.35. The molecule has 0 N–H and O–H groups in total. The maximum Gasteiger partial charge on any atom is 0.260 e. The minimum absolute atomic E-state index is 0.123. The van der Waals surface area contributed by atoms with E-state index < -0.39 is 0 Å². The van der Waals surface area contributed by atoms with Crippen molar-refractivity contribution in [3.05, 3.63) is 29.3 Å². The Morgan fingerprint density at radius 3 is 2.41 bits per heavy atom. The lowest BCUT2D eigenvalue weighted by molar-refractivity contribution is -0.133. The maximum absolute atomic E-state index is 12.4. The summed E-state index contributed by atoms with van der Waals surface area (Å²) >= 11 is 0. The molecule has 0 bridgehead atoms. The molecule has 1 aliphatic heterocycles. The topological polar surface area (TPSA) is 29.5 Å². The van der Waals surface area contributed by atoms with Crippen LogP contribution in [-0.4, -0.2) is 30.5 Å². The molecule has 1 aliphatic rings. The molecule has 1 fully saturated rings. The number of benzene rings is 1. The van der Waals surface area contributed by atoms with Gasteiger partial charge in [0.05, 0.1) is 0 Å². The Bertz CT molecular complexity index is 488. The van der Waals surface area contributed by atoms with Gasteiger partial charge in [0.15, 0.2) is 6.61 Å². The second-order valence-corrected chi connectivity index (χ2v) is 6.63. The van der Waals surface area contributed by atoms with Crippen LogP contribution in [0, 0.1) is 6.92 Å². The molecular weight excluding hydrogens is 274 g/mol. The van der Waals surface area contributed by atoms with E-state index in [-0.39, 0.29) is 12.5 Å². The van der Waals surface area contributed by atoms with Crippen LogP contribution >= 0.6 is 0 Å². The first kappa shape index (κ1) is 16.9. The van der Waals surface area contributed by atoms with Gasteiger partial charge in [0.1, 0.15) is 5.75 Å². The van der Waals surface area contributed by atoms with E-state index in [1.54, 1.807) is 0 Å². The molecule has 1 aromatic rings. The summed E-state index contributed by atoms with van der Waals surface area (Å²) < 4.78 is 5.88. The van der Waals surface area contributed by atoms with E-state index in [0.717, 1.165) is 37.2 Å². The lowest BCUT2D eigenvalue weighted by Crippen LogP contribution is -2.37. The molecule has 22 heavy (non-hydrogen) atoms. The highest BCUT2D eigenvalue weighted by Crippen LogP contribution is 2.27. The van der Waals surface area contributed by atoms with Crippen molar-refractivity contribution in [2.24, 2.45) is 0 Å². The number of nitrogens with zero attached hydrogens (tertiary/aromatic N) is 1. The molecule has 3 nitrogen and oxygen atoms in total. The van der Waals surface area contributed by atoms with E-state index in [0.29, 0.717) is 5.92 Å². The van der Waals surface area contributed by atoms with Crippen molar-refractivity contribution in [2.45, 2.75) is 58.8 Å². The maximum atomic E-state index is 12.4. The van der Waals surface area contributed by atoms with Gasteiger partial charge in [0.25, 0.3) is 5.91 Å². The van der Waals surface area contributed by atoms with Crippen LogP contribution < -0.4 is 4.74 Å². The summed E-state index contributed by atoms with van der Waals surface area (Å²) in [5.74, 6) is 1.38. The number of rotatable bonds is 4. The molecule has 0 atom stereocenters. The van der Waals surface area contributed by atoms with Gasteiger partial charge in [-0.3, -0.25) is 4.79 Å². The zero-order valence-electron chi connectivity index (χ0n) is 14.2. The molecule has 0 saturated carbocycles. The molecule has 2 rings (SSSR count). The standard InChI is InChI=1S/C19H29NO2/c1-15(2)17-10-9-16(3)13-18(17)22-14-19(21)20-11-7-5-4-6-8-12-20/h9-10,13,15H,4-8,11-12,14H2,1-3H3. The Kier molecular flexibility index (Phi) is 6.29. The van der Waals surface area contributed by atoms with Crippen molar-refractivity contribution in [3.63, 3.8) is 0 Å². The quantitative estimate of drug-likeness (QED) is 0.830. The van der Waals surface area contributed by atoms with Crippen LogP contribution in [-0.2, 0) is 4.79 Å². The first-order chi connectivity index (χ1) is 10.6. The molecule has 0 unspecified atom stereocenters. The van der Waals surface area contributed by atoms with E-state index in [1.165, 1.54) is 24.8 Å². The van der Waals surface area contributed by atoms with Crippen molar-refractivity contribution in [2.75, 3.05) is 19.7 Å². The first-order valence-corrected chi connectivity index (χ1v) is 8.59. The van der Waals surface area contributed by atoms with Gasteiger partial charge in [-0.15, -0.1) is 0 Å². The number of hydrogen-bond acceptors (Lipinski definition) is 2. The summed E-state index contributed by atoms with van der Waals surface area (Å²) in [7, 11) is 0. The third kappa shape index (κ3) is 4.75.